The fourth-order valence-electron chi connectivity index (χ4n) is 1.98. The van der Waals surface area contributed by atoms with Crippen LogP contribution in [-0.2, 0) is 6.54 Å². The standard InChI is InChI=1S/C15H13Cl3N2O2/c1-9(11-3-5-12(16)14(18)7-11)19-8-10-2-4-13(17)15(6-10)20(21)22/h2-7,9,19H,8H2,1H3. The second kappa shape index (κ2) is 7.29. The van der Waals surface area contributed by atoms with Gasteiger partial charge in [0.05, 0.1) is 15.0 Å². The summed E-state index contributed by atoms with van der Waals surface area (Å²) in [7, 11) is 0. The molecule has 0 spiro atoms. The highest BCUT2D eigenvalue weighted by Gasteiger charge is 2.13. The number of nitro benzene ring substituents is 1. The van der Waals surface area contributed by atoms with Crippen molar-refractivity contribution in [3.8, 4) is 0 Å². The summed E-state index contributed by atoms with van der Waals surface area (Å²) >= 11 is 17.7. The first-order valence-corrected chi connectivity index (χ1v) is 7.63. The highest BCUT2D eigenvalue weighted by atomic mass is 35.5. The van der Waals surface area contributed by atoms with E-state index < -0.39 is 4.92 Å². The molecule has 0 heterocycles. The van der Waals surface area contributed by atoms with E-state index in [9.17, 15) is 10.1 Å². The lowest BCUT2D eigenvalue weighted by molar-refractivity contribution is -0.384. The monoisotopic (exact) mass is 358 g/mol. The number of hydrogen-bond acceptors (Lipinski definition) is 3. The zero-order chi connectivity index (χ0) is 16.3. The number of benzene rings is 2. The number of rotatable bonds is 5. The van der Waals surface area contributed by atoms with Gasteiger partial charge in [-0.15, -0.1) is 0 Å². The predicted molar refractivity (Wildman–Crippen MR) is 89.8 cm³/mol. The van der Waals surface area contributed by atoms with Crippen molar-refractivity contribution in [2.24, 2.45) is 0 Å². The van der Waals surface area contributed by atoms with Crippen molar-refractivity contribution in [1.29, 1.82) is 0 Å². The van der Waals surface area contributed by atoms with Gasteiger partial charge in [-0.2, -0.15) is 0 Å². The normalized spacial score (nSPS) is 12.2. The van der Waals surface area contributed by atoms with E-state index in [1.807, 2.05) is 13.0 Å². The fourth-order valence-corrected chi connectivity index (χ4v) is 2.47. The second-order valence-electron chi connectivity index (χ2n) is 4.82. The van der Waals surface area contributed by atoms with Crippen molar-refractivity contribution in [2.75, 3.05) is 0 Å². The lowest BCUT2D eigenvalue weighted by Crippen LogP contribution is -2.18. The van der Waals surface area contributed by atoms with Crippen LogP contribution in [-0.4, -0.2) is 4.92 Å². The quantitative estimate of drug-likeness (QED) is 0.574. The number of halogens is 3. The molecule has 2 rings (SSSR count). The van der Waals surface area contributed by atoms with Gasteiger partial charge in [0.15, 0.2) is 0 Å². The van der Waals surface area contributed by atoms with Crippen molar-refractivity contribution in [1.82, 2.24) is 5.32 Å². The molecule has 0 aliphatic rings. The molecule has 0 saturated carbocycles. The minimum Gasteiger partial charge on any atom is -0.306 e. The molecule has 0 aliphatic heterocycles. The Bertz CT molecular complexity index is 707. The third-order valence-electron chi connectivity index (χ3n) is 3.26. The minimum atomic E-state index is -0.492. The molecule has 0 radical (unpaired) electrons. The molecule has 116 valence electrons. The Labute approximate surface area is 143 Å². The smallest absolute Gasteiger partial charge is 0.288 e. The molecule has 0 aliphatic carbocycles. The number of nitrogens with one attached hydrogen (secondary N) is 1. The van der Waals surface area contributed by atoms with Gasteiger partial charge in [0.25, 0.3) is 5.69 Å². The van der Waals surface area contributed by atoms with Crippen molar-refractivity contribution in [3.63, 3.8) is 0 Å². The molecule has 0 amide bonds. The van der Waals surface area contributed by atoms with Gasteiger partial charge in [0, 0.05) is 18.7 Å². The SMILES string of the molecule is CC(NCc1ccc(Cl)c([N+](=O)[O-])c1)c1ccc(Cl)c(Cl)c1. The van der Waals surface area contributed by atoms with E-state index in [0.29, 0.717) is 16.6 Å². The molecule has 0 fully saturated rings. The van der Waals surface area contributed by atoms with Crippen molar-refractivity contribution in [2.45, 2.75) is 19.5 Å². The summed E-state index contributed by atoms with van der Waals surface area (Å²) < 4.78 is 0. The van der Waals surface area contributed by atoms with E-state index in [1.165, 1.54) is 12.1 Å². The van der Waals surface area contributed by atoms with E-state index >= 15 is 0 Å². The average Bonchev–Trinajstić information content (AvgIpc) is 2.48. The second-order valence-corrected chi connectivity index (χ2v) is 6.04. The summed E-state index contributed by atoms with van der Waals surface area (Å²) in [4.78, 5) is 10.4. The maximum absolute atomic E-state index is 10.9. The van der Waals surface area contributed by atoms with Crippen LogP contribution in [0.1, 0.15) is 24.1 Å². The highest BCUT2D eigenvalue weighted by molar-refractivity contribution is 6.42. The number of nitrogens with zero attached hydrogens (tertiary/aromatic N) is 1. The van der Waals surface area contributed by atoms with Crippen molar-refractivity contribution in [3.05, 3.63) is 72.7 Å². The first-order chi connectivity index (χ1) is 10.4. The minimum absolute atomic E-state index is 0.0181. The molecule has 4 nitrogen and oxygen atoms in total. The number of nitro groups is 1. The molecule has 1 atom stereocenters. The number of hydrogen-bond donors (Lipinski definition) is 1. The lowest BCUT2D eigenvalue weighted by Gasteiger charge is -2.15. The van der Waals surface area contributed by atoms with Crippen LogP contribution < -0.4 is 5.32 Å². The fraction of sp³-hybridized carbons (Fsp3) is 0.200. The van der Waals surface area contributed by atoms with Crippen LogP contribution in [0, 0.1) is 10.1 Å². The Morgan fingerprint density at radius 3 is 2.41 bits per heavy atom. The molecular weight excluding hydrogens is 347 g/mol. The molecule has 0 aromatic heterocycles. The lowest BCUT2D eigenvalue weighted by atomic mass is 10.1. The van der Waals surface area contributed by atoms with Crippen molar-refractivity contribution < 1.29 is 4.92 Å². The zero-order valence-corrected chi connectivity index (χ0v) is 13.9. The summed E-state index contributed by atoms with van der Waals surface area (Å²) in [6, 6.07) is 10.2. The van der Waals surface area contributed by atoms with Gasteiger partial charge < -0.3 is 5.32 Å². The van der Waals surface area contributed by atoms with Crippen LogP contribution in [0.5, 0.6) is 0 Å². The maximum Gasteiger partial charge on any atom is 0.288 e. The van der Waals surface area contributed by atoms with Crippen LogP contribution in [0.3, 0.4) is 0 Å². The average molecular weight is 360 g/mol. The first kappa shape index (κ1) is 17.0. The Morgan fingerprint density at radius 2 is 1.77 bits per heavy atom. The molecule has 1 N–H and O–H groups in total. The Kier molecular flexibility index (Phi) is 5.64. The Morgan fingerprint density at radius 1 is 1.09 bits per heavy atom. The molecule has 1 unspecified atom stereocenters. The van der Waals surface area contributed by atoms with Crippen molar-refractivity contribution >= 4 is 40.5 Å². The van der Waals surface area contributed by atoms with Gasteiger partial charge in [-0.3, -0.25) is 10.1 Å². The molecule has 2 aromatic carbocycles. The Balaban J connectivity index is 2.07. The first-order valence-electron chi connectivity index (χ1n) is 6.49. The summed E-state index contributed by atoms with van der Waals surface area (Å²) in [6.07, 6.45) is 0. The van der Waals surface area contributed by atoms with Crippen LogP contribution in [0.2, 0.25) is 15.1 Å². The molecular formula is C15H13Cl3N2O2. The topological polar surface area (TPSA) is 55.2 Å². The van der Waals surface area contributed by atoms with Gasteiger partial charge >= 0.3 is 0 Å². The highest BCUT2D eigenvalue weighted by Crippen LogP contribution is 2.27. The third kappa shape index (κ3) is 4.11. The van der Waals surface area contributed by atoms with E-state index in [4.69, 9.17) is 34.8 Å². The van der Waals surface area contributed by atoms with Crippen LogP contribution >= 0.6 is 34.8 Å². The summed E-state index contributed by atoms with van der Waals surface area (Å²) in [6.45, 7) is 2.45. The third-order valence-corrected chi connectivity index (χ3v) is 4.32. The Hall–Kier alpha value is -1.33. The zero-order valence-electron chi connectivity index (χ0n) is 11.6. The van der Waals surface area contributed by atoms with E-state index in [1.54, 1.807) is 18.2 Å². The van der Waals surface area contributed by atoms with Gasteiger partial charge in [-0.05, 0) is 36.2 Å². The summed E-state index contributed by atoms with van der Waals surface area (Å²) in [5.74, 6) is 0. The summed E-state index contributed by atoms with van der Waals surface area (Å²) in [5.41, 5.74) is 1.67. The van der Waals surface area contributed by atoms with E-state index in [0.717, 1.165) is 11.1 Å². The van der Waals surface area contributed by atoms with Gasteiger partial charge in [-0.25, -0.2) is 0 Å². The maximum atomic E-state index is 10.9. The van der Waals surface area contributed by atoms with Gasteiger partial charge in [0.2, 0.25) is 0 Å². The van der Waals surface area contributed by atoms with Crippen LogP contribution in [0.4, 0.5) is 5.69 Å². The molecule has 0 saturated heterocycles. The predicted octanol–water partition coefficient (Wildman–Crippen LogP) is 5.41. The van der Waals surface area contributed by atoms with Gasteiger partial charge in [-0.1, -0.05) is 46.9 Å². The van der Waals surface area contributed by atoms with E-state index in [-0.39, 0.29) is 16.8 Å². The van der Waals surface area contributed by atoms with E-state index in [2.05, 4.69) is 5.32 Å². The largest absolute Gasteiger partial charge is 0.306 e. The van der Waals surface area contributed by atoms with Gasteiger partial charge in [0.1, 0.15) is 5.02 Å². The molecule has 22 heavy (non-hydrogen) atoms. The summed E-state index contributed by atoms with van der Waals surface area (Å²) in [5, 5.41) is 15.3. The van der Waals surface area contributed by atoms with Crippen LogP contribution in [0.25, 0.3) is 0 Å². The molecule has 7 heteroatoms. The molecule has 2 aromatic rings. The molecule has 0 bridgehead atoms. The van der Waals surface area contributed by atoms with Crippen LogP contribution in [0.15, 0.2) is 36.4 Å².